The van der Waals surface area contributed by atoms with Crippen molar-refractivity contribution < 1.29 is 9.53 Å². The van der Waals surface area contributed by atoms with Gasteiger partial charge in [-0.2, -0.15) is 0 Å². The Bertz CT molecular complexity index is 536. The minimum absolute atomic E-state index is 0.0705. The van der Waals surface area contributed by atoms with Crippen molar-refractivity contribution in [3.05, 3.63) is 18.0 Å². The fourth-order valence-corrected chi connectivity index (χ4v) is 3.14. The van der Waals surface area contributed by atoms with Gasteiger partial charge in [-0.1, -0.05) is 6.92 Å². The van der Waals surface area contributed by atoms with Crippen LogP contribution < -0.4 is 5.32 Å². The van der Waals surface area contributed by atoms with Crippen molar-refractivity contribution in [3.8, 4) is 0 Å². The van der Waals surface area contributed by atoms with E-state index in [4.69, 9.17) is 4.74 Å². The van der Waals surface area contributed by atoms with Crippen molar-refractivity contribution in [3.63, 3.8) is 0 Å². The van der Waals surface area contributed by atoms with Crippen molar-refractivity contribution in [2.45, 2.75) is 25.9 Å². The zero-order chi connectivity index (χ0) is 16.2. The fourth-order valence-electron chi connectivity index (χ4n) is 3.14. The van der Waals surface area contributed by atoms with Crippen LogP contribution in [0.1, 0.15) is 18.9 Å². The first-order valence-electron chi connectivity index (χ1n) is 8.29. The maximum absolute atomic E-state index is 12.4. The molecule has 0 aromatic carbocycles. The van der Waals surface area contributed by atoms with Gasteiger partial charge in [-0.15, -0.1) is 0 Å². The quantitative estimate of drug-likeness (QED) is 0.856. The number of fused-ring (bicyclic) bond motifs is 3. The Hall–Kier alpha value is -1.73. The smallest absolute Gasteiger partial charge is 0.229 e. The lowest BCUT2D eigenvalue weighted by molar-refractivity contribution is -0.133. The molecule has 2 atom stereocenters. The van der Waals surface area contributed by atoms with Crippen LogP contribution in [-0.4, -0.2) is 71.6 Å². The molecule has 126 valence electrons. The van der Waals surface area contributed by atoms with Gasteiger partial charge in [0.05, 0.1) is 25.2 Å². The van der Waals surface area contributed by atoms with E-state index in [-0.39, 0.29) is 17.9 Å². The van der Waals surface area contributed by atoms with Crippen LogP contribution in [0.2, 0.25) is 0 Å². The van der Waals surface area contributed by atoms with Crippen LogP contribution in [0, 0.1) is 5.92 Å². The van der Waals surface area contributed by atoms with Crippen LogP contribution in [0.15, 0.2) is 12.4 Å². The zero-order valence-electron chi connectivity index (χ0n) is 13.9. The van der Waals surface area contributed by atoms with Gasteiger partial charge >= 0.3 is 0 Å². The summed E-state index contributed by atoms with van der Waals surface area (Å²) < 4.78 is 5.63. The number of aromatic nitrogens is 2. The van der Waals surface area contributed by atoms with Crippen LogP contribution in [0.5, 0.6) is 0 Å². The SMILES string of the molecule is CCCNc1ncc(CN2C[C@@H]3COC[C@H](C2)N(C)C3=O)cn1. The largest absolute Gasteiger partial charge is 0.378 e. The average molecular weight is 319 g/mol. The molecule has 1 aromatic rings. The first-order chi connectivity index (χ1) is 11.2. The molecule has 2 saturated heterocycles. The Morgan fingerprint density at radius 2 is 2.09 bits per heavy atom. The van der Waals surface area contributed by atoms with Gasteiger partial charge in [-0.05, 0) is 6.42 Å². The highest BCUT2D eigenvalue weighted by Gasteiger charge is 2.37. The number of nitrogens with zero attached hydrogens (tertiary/aromatic N) is 4. The van der Waals surface area contributed by atoms with E-state index in [9.17, 15) is 4.79 Å². The van der Waals surface area contributed by atoms with Gasteiger partial charge < -0.3 is 15.0 Å². The molecule has 2 aliphatic rings. The van der Waals surface area contributed by atoms with Gasteiger partial charge in [0, 0.05) is 51.2 Å². The van der Waals surface area contributed by atoms with E-state index in [2.05, 4.69) is 27.1 Å². The molecular formula is C16H25N5O2. The maximum Gasteiger partial charge on any atom is 0.229 e. The molecule has 3 heterocycles. The van der Waals surface area contributed by atoms with Crippen molar-refractivity contribution >= 4 is 11.9 Å². The van der Waals surface area contributed by atoms with Crippen molar-refractivity contribution in [1.82, 2.24) is 19.8 Å². The molecule has 23 heavy (non-hydrogen) atoms. The summed E-state index contributed by atoms with van der Waals surface area (Å²) in [5.74, 6) is 0.802. The molecule has 0 radical (unpaired) electrons. The van der Waals surface area contributed by atoms with Crippen LogP contribution in [0.25, 0.3) is 0 Å². The first kappa shape index (κ1) is 16.1. The number of hydrogen-bond acceptors (Lipinski definition) is 6. The van der Waals surface area contributed by atoms with Crippen LogP contribution in [0.3, 0.4) is 0 Å². The molecule has 2 aliphatic heterocycles. The summed E-state index contributed by atoms with van der Waals surface area (Å²) >= 11 is 0. The predicted octanol–water partition coefficient (Wildman–Crippen LogP) is 0.588. The number of carbonyl (C=O) groups excluding carboxylic acids is 1. The third-order valence-corrected chi connectivity index (χ3v) is 4.47. The van der Waals surface area contributed by atoms with Crippen LogP contribution in [0.4, 0.5) is 5.95 Å². The lowest BCUT2D eigenvalue weighted by Gasteiger charge is -2.29. The standard InChI is InChI=1S/C16H25N5O2/c1-3-4-17-16-18-5-12(6-19-16)7-21-8-13-10-23-11-14(9-21)20(2)15(13)22/h5-6,13-14H,3-4,7-11H2,1-2H3,(H,17,18,19)/t13-,14+/m1/s1. The van der Waals surface area contributed by atoms with Crippen molar-refractivity contribution in [2.75, 3.05) is 45.2 Å². The Balaban J connectivity index is 1.65. The summed E-state index contributed by atoms with van der Waals surface area (Å²) in [6.45, 7) is 6.45. The van der Waals surface area contributed by atoms with E-state index in [1.54, 1.807) is 0 Å². The number of amides is 1. The molecule has 7 nitrogen and oxygen atoms in total. The fraction of sp³-hybridized carbons (Fsp3) is 0.688. The predicted molar refractivity (Wildman–Crippen MR) is 87.0 cm³/mol. The molecule has 1 amide bonds. The molecule has 2 fully saturated rings. The minimum atomic E-state index is -0.0705. The Kier molecular flexibility index (Phi) is 5.07. The normalized spacial score (nSPS) is 25.3. The van der Waals surface area contributed by atoms with Gasteiger partial charge in [0.1, 0.15) is 0 Å². The number of hydrogen-bond donors (Lipinski definition) is 1. The highest BCUT2D eigenvalue weighted by atomic mass is 16.5. The van der Waals surface area contributed by atoms with E-state index in [1.807, 2.05) is 24.3 Å². The highest BCUT2D eigenvalue weighted by Crippen LogP contribution is 2.21. The molecule has 0 spiro atoms. The second-order valence-electron chi connectivity index (χ2n) is 6.37. The van der Waals surface area contributed by atoms with Gasteiger partial charge in [0.15, 0.2) is 0 Å². The number of nitrogens with one attached hydrogen (secondary N) is 1. The number of likely N-dealkylation sites (N-methyl/N-ethyl adjacent to an activating group) is 1. The summed E-state index contributed by atoms with van der Waals surface area (Å²) in [7, 11) is 1.88. The van der Waals surface area contributed by atoms with E-state index >= 15 is 0 Å². The van der Waals surface area contributed by atoms with Crippen molar-refractivity contribution in [1.29, 1.82) is 0 Å². The highest BCUT2D eigenvalue weighted by molar-refractivity contribution is 5.79. The lowest BCUT2D eigenvalue weighted by Crippen LogP contribution is -2.42. The third kappa shape index (κ3) is 3.79. The lowest BCUT2D eigenvalue weighted by atomic mass is 10.1. The van der Waals surface area contributed by atoms with Gasteiger partial charge in [0.2, 0.25) is 11.9 Å². The van der Waals surface area contributed by atoms with E-state index < -0.39 is 0 Å². The molecule has 1 N–H and O–H groups in total. The van der Waals surface area contributed by atoms with Gasteiger partial charge in [-0.3, -0.25) is 9.69 Å². The Morgan fingerprint density at radius 3 is 2.83 bits per heavy atom. The Labute approximate surface area is 137 Å². The second kappa shape index (κ2) is 7.23. The zero-order valence-corrected chi connectivity index (χ0v) is 13.9. The van der Waals surface area contributed by atoms with E-state index in [0.29, 0.717) is 19.2 Å². The van der Waals surface area contributed by atoms with Crippen LogP contribution >= 0.6 is 0 Å². The van der Waals surface area contributed by atoms with Gasteiger partial charge in [-0.25, -0.2) is 9.97 Å². The summed E-state index contributed by atoms with van der Waals surface area (Å²) in [4.78, 5) is 25.2. The number of anilines is 1. The monoisotopic (exact) mass is 319 g/mol. The third-order valence-electron chi connectivity index (χ3n) is 4.47. The average Bonchev–Trinajstić information content (AvgIpc) is 2.73. The molecular weight excluding hydrogens is 294 g/mol. The number of carbonyl (C=O) groups is 1. The molecule has 0 aliphatic carbocycles. The van der Waals surface area contributed by atoms with Crippen molar-refractivity contribution in [2.24, 2.45) is 5.92 Å². The first-order valence-corrected chi connectivity index (χ1v) is 8.29. The minimum Gasteiger partial charge on any atom is -0.378 e. The molecule has 0 saturated carbocycles. The van der Waals surface area contributed by atoms with E-state index in [0.717, 1.165) is 38.2 Å². The van der Waals surface area contributed by atoms with E-state index in [1.165, 1.54) is 0 Å². The molecule has 7 heteroatoms. The summed E-state index contributed by atoms with van der Waals surface area (Å²) in [5.41, 5.74) is 1.07. The molecule has 1 aromatic heterocycles. The maximum atomic E-state index is 12.4. The van der Waals surface area contributed by atoms with Gasteiger partial charge in [0.25, 0.3) is 0 Å². The molecule has 3 rings (SSSR count). The molecule has 2 bridgehead atoms. The second-order valence-corrected chi connectivity index (χ2v) is 6.37. The summed E-state index contributed by atoms with van der Waals surface area (Å²) in [6, 6.07) is 0.126. The summed E-state index contributed by atoms with van der Waals surface area (Å²) in [5, 5.41) is 3.18. The number of rotatable bonds is 5. The summed E-state index contributed by atoms with van der Waals surface area (Å²) in [6.07, 6.45) is 4.78. The Morgan fingerprint density at radius 1 is 1.30 bits per heavy atom. The van der Waals surface area contributed by atoms with Crippen LogP contribution in [-0.2, 0) is 16.1 Å². The molecule has 0 unspecified atom stereocenters. The number of ether oxygens (including phenoxy) is 1. The topological polar surface area (TPSA) is 70.6 Å².